The maximum atomic E-state index is 12.8. The molecule has 0 unspecified atom stereocenters. The summed E-state index contributed by atoms with van der Waals surface area (Å²) in [5, 5.41) is 5.90. The van der Waals surface area contributed by atoms with Crippen LogP contribution in [0.1, 0.15) is 44.6 Å². The Bertz CT molecular complexity index is 749. The summed E-state index contributed by atoms with van der Waals surface area (Å²) in [6.45, 7) is 4.03. The molecule has 1 saturated carbocycles. The molecule has 2 N–H and O–H groups in total. The standard InChI is InChI=1S/C22H26N2O2/c1-15(2)14-20(25)23-18-10-12-19(13-11-18)24-22(26)21(17-8-9-17)16-6-4-3-5-7-16/h3-7,10-13,15,17,21H,8-9,14H2,1-2H3,(H,23,25)(H,24,26)/t21-/m1/s1. The Balaban J connectivity index is 1.63. The molecule has 4 heteroatoms. The van der Waals surface area contributed by atoms with Gasteiger partial charge in [-0.2, -0.15) is 0 Å². The molecule has 0 heterocycles. The molecule has 1 fully saturated rings. The quantitative estimate of drug-likeness (QED) is 0.753. The van der Waals surface area contributed by atoms with Gasteiger partial charge in [-0.25, -0.2) is 0 Å². The van der Waals surface area contributed by atoms with E-state index in [9.17, 15) is 9.59 Å². The van der Waals surface area contributed by atoms with Crippen molar-refractivity contribution >= 4 is 23.2 Å². The second kappa shape index (κ2) is 8.17. The molecule has 0 aromatic heterocycles. The molecule has 2 aromatic carbocycles. The summed E-state index contributed by atoms with van der Waals surface area (Å²) in [5.74, 6) is 0.712. The Morgan fingerprint density at radius 2 is 1.50 bits per heavy atom. The van der Waals surface area contributed by atoms with E-state index in [0.29, 0.717) is 18.3 Å². The van der Waals surface area contributed by atoms with Crippen LogP contribution in [0, 0.1) is 11.8 Å². The highest BCUT2D eigenvalue weighted by molar-refractivity contribution is 5.97. The Labute approximate surface area is 155 Å². The van der Waals surface area contributed by atoms with Crippen molar-refractivity contribution < 1.29 is 9.59 Å². The highest BCUT2D eigenvalue weighted by Gasteiger charge is 2.37. The van der Waals surface area contributed by atoms with Gasteiger partial charge in [0.15, 0.2) is 0 Å². The van der Waals surface area contributed by atoms with Gasteiger partial charge in [0.25, 0.3) is 0 Å². The number of benzene rings is 2. The summed E-state index contributed by atoms with van der Waals surface area (Å²) < 4.78 is 0. The van der Waals surface area contributed by atoms with E-state index in [1.54, 1.807) is 0 Å². The normalized spacial score (nSPS) is 14.7. The Morgan fingerprint density at radius 3 is 2.04 bits per heavy atom. The Hall–Kier alpha value is -2.62. The van der Waals surface area contributed by atoms with E-state index >= 15 is 0 Å². The molecule has 0 aliphatic heterocycles. The van der Waals surface area contributed by atoms with Crippen molar-refractivity contribution in [2.45, 2.75) is 39.0 Å². The van der Waals surface area contributed by atoms with Gasteiger partial charge < -0.3 is 10.6 Å². The first kappa shape index (κ1) is 18.2. The van der Waals surface area contributed by atoms with E-state index in [1.165, 1.54) is 0 Å². The average molecular weight is 350 g/mol. The number of rotatable bonds is 7. The summed E-state index contributed by atoms with van der Waals surface area (Å²) in [5.41, 5.74) is 2.57. The van der Waals surface area contributed by atoms with Gasteiger partial charge in [0, 0.05) is 17.8 Å². The number of nitrogens with one attached hydrogen (secondary N) is 2. The van der Waals surface area contributed by atoms with Crippen LogP contribution in [0.2, 0.25) is 0 Å². The zero-order chi connectivity index (χ0) is 18.5. The Morgan fingerprint density at radius 1 is 0.923 bits per heavy atom. The lowest BCUT2D eigenvalue weighted by Gasteiger charge is -2.17. The van der Waals surface area contributed by atoms with Gasteiger partial charge >= 0.3 is 0 Å². The van der Waals surface area contributed by atoms with Crippen LogP contribution in [0.3, 0.4) is 0 Å². The van der Waals surface area contributed by atoms with Crippen LogP contribution in [-0.4, -0.2) is 11.8 Å². The molecule has 1 aliphatic carbocycles. The van der Waals surface area contributed by atoms with Crippen LogP contribution in [0.4, 0.5) is 11.4 Å². The van der Waals surface area contributed by atoms with Crippen LogP contribution < -0.4 is 10.6 Å². The maximum Gasteiger partial charge on any atom is 0.232 e. The molecule has 4 nitrogen and oxygen atoms in total. The van der Waals surface area contributed by atoms with E-state index < -0.39 is 0 Å². The van der Waals surface area contributed by atoms with E-state index in [0.717, 1.165) is 29.8 Å². The van der Waals surface area contributed by atoms with Crippen LogP contribution in [-0.2, 0) is 9.59 Å². The summed E-state index contributed by atoms with van der Waals surface area (Å²) in [6, 6.07) is 17.3. The van der Waals surface area contributed by atoms with Crippen molar-refractivity contribution in [3.63, 3.8) is 0 Å². The fraction of sp³-hybridized carbons (Fsp3) is 0.364. The predicted octanol–water partition coefficient (Wildman–Crippen LogP) is 4.80. The van der Waals surface area contributed by atoms with Crippen molar-refractivity contribution in [2.24, 2.45) is 11.8 Å². The van der Waals surface area contributed by atoms with E-state index in [2.05, 4.69) is 10.6 Å². The van der Waals surface area contributed by atoms with Crippen molar-refractivity contribution in [1.29, 1.82) is 0 Å². The first-order chi connectivity index (χ1) is 12.5. The molecule has 0 saturated heterocycles. The molecule has 0 radical (unpaired) electrons. The van der Waals surface area contributed by atoms with Gasteiger partial charge in [-0.1, -0.05) is 44.2 Å². The highest BCUT2D eigenvalue weighted by atomic mass is 16.2. The third-order valence-corrected chi connectivity index (χ3v) is 4.56. The summed E-state index contributed by atoms with van der Waals surface area (Å²) in [7, 11) is 0. The summed E-state index contributed by atoms with van der Waals surface area (Å²) in [6.07, 6.45) is 2.71. The fourth-order valence-corrected chi connectivity index (χ4v) is 3.17. The molecular weight excluding hydrogens is 324 g/mol. The monoisotopic (exact) mass is 350 g/mol. The van der Waals surface area contributed by atoms with Gasteiger partial charge in [-0.05, 0) is 54.5 Å². The van der Waals surface area contributed by atoms with Crippen molar-refractivity contribution in [3.05, 3.63) is 60.2 Å². The molecular formula is C22H26N2O2. The fourth-order valence-electron chi connectivity index (χ4n) is 3.17. The molecule has 3 rings (SSSR count). The molecule has 2 amide bonds. The Kier molecular flexibility index (Phi) is 5.71. The predicted molar refractivity (Wildman–Crippen MR) is 105 cm³/mol. The molecule has 1 aliphatic rings. The zero-order valence-corrected chi connectivity index (χ0v) is 15.4. The van der Waals surface area contributed by atoms with E-state index in [4.69, 9.17) is 0 Å². The van der Waals surface area contributed by atoms with Gasteiger partial charge in [-0.3, -0.25) is 9.59 Å². The van der Waals surface area contributed by atoms with Crippen LogP contribution in [0.15, 0.2) is 54.6 Å². The number of hydrogen-bond donors (Lipinski definition) is 2. The molecule has 26 heavy (non-hydrogen) atoms. The van der Waals surface area contributed by atoms with Crippen LogP contribution in [0.5, 0.6) is 0 Å². The number of carbonyl (C=O) groups is 2. The van der Waals surface area contributed by atoms with Gasteiger partial charge in [0.2, 0.25) is 11.8 Å². The van der Waals surface area contributed by atoms with Crippen LogP contribution in [0.25, 0.3) is 0 Å². The highest BCUT2D eigenvalue weighted by Crippen LogP contribution is 2.43. The molecule has 1 atom stereocenters. The minimum absolute atomic E-state index is 0.00895. The van der Waals surface area contributed by atoms with Gasteiger partial charge in [0.05, 0.1) is 5.92 Å². The number of amides is 2. The summed E-state index contributed by atoms with van der Waals surface area (Å²) >= 11 is 0. The second-order valence-electron chi connectivity index (χ2n) is 7.44. The van der Waals surface area contributed by atoms with Crippen molar-refractivity contribution in [3.8, 4) is 0 Å². The number of carbonyl (C=O) groups excluding carboxylic acids is 2. The van der Waals surface area contributed by atoms with E-state index in [-0.39, 0.29) is 17.7 Å². The lowest BCUT2D eigenvalue weighted by Crippen LogP contribution is -2.22. The summed E-state index contributed by atoms with van der Waals surface area (Å²) in [4.78, 5) is 24.6. The number of hydrogen-bond acceptors (Lipinski definition) is 2. The molecule has 0 spiro atoms. The average Bonchev–Trinajstić information content (AvgIpc) is 3.42. The largest absolute Gasteiger partial charge is 0.326 e. The topological polar surface area (TPSA) is 58.2 Å². The lowest BCUT2D eigenvalue weighted by molar-refractivity contribution is -0.118. The first-order valence-corrected chi connectivity index (χ1v) is 9.28. The number of anilines is 2. The minimum Gasteiger partial charge on any atom is -0.326 e. The minimum atomic E-state index is -0.0957. The third kappa shape index (κ3) is 4.94. The third-order valence-electron chi connectivity index (χ3n) is 4.56. The molecule has 2 aromatic rings. The molecule has 0 bridgehead atoms. The van der Waals surface area contributed by atoms with Crippen LogP contribution >= 0.6 is 0 Å². The SMILES string of the molecule is CC(C)CC(=O)Nc1ccc(NC(=O)[C@H](c2ccccc2)C2CC2)cc1. The molecule has 136 valence electrons. The first-order valence-electron chi connectivity index (χ1n) is 9.28. The smallest absolute Gasteiger partial charge is 0.232 e. The van der Waals surface area contributed by atoms with Gasteiger partial charge in [-0.15, -0.1) is 0 Å². The second-order valence-corrected chi connectivity index (χ2v) is 7.44. The maximum absolute atomic E-state index is 12.8. The lowest BCUT2D eigenvalue weighted by atomic mass is 9.93. The van der Waals surface area contributed by atoms with E-state index in [1.807, 2.05) is 68.4 Å². The van der Waals surface area contributed by atoms with Crippen molar-refractivity contribution in [1.82, 2.24) is 0 Å². The zero-order valence-electron chi connectivity index (χ0n) is 15.4. The van der Waals surface area contributed by atoms with Crippen molar-refractivity contribution in [2.75, 3.05) is 10.6 Å². The van der Waals surface area contributed by atoms with Gasteiger partial charge in [0.1, 0.15) is 0 Å².